The summed E-state index contributed by atoms with van der Waals surface area (Å²) in [6.45, 7) is 0.968. The number of fused-ring (bicyclic) bond motifs is 1. The molecule has 0 amide bonds. The zero-order chi connectivity index (χ0) is 18.6. The van der Waals surface area contributed by atoms with Gasteiger partial charge in [0.05, 0.1) is 18.4 Å². The molecule has 0 radical (unpaired) electrons. The van der Waals surface area contributed by atoms with E-state index in [1.165, 1.54) is 18.4 Å². The van der Waals surface area contributed by atoms with Gasteiger partial charge in [-0.25, -0.2) is 9.78 Å². The number of methoxy groups -OCH3 is 1. The van der Waals surface area contributed by atoms with Crippen LogP contribution in [0.5, 0.6) is 17.2 Å². The number of carbonyl (C=O) groups is 1. The van der Waals surface area contributed by atoms with Gasteiger partial charge in [0.25, 0.3) is 0 Å². The smallest absolute Gasteiger partial charge is 0.338 e. The average Bonchev–Trinajstić information content (AvgIpc) is 3.21. The lowest BCUT2D eigenvalue weighted by molar-refractivity contribution is 0.0467. The maximum atomic E-state index is 12.5. The van der Waals surface area contributed by atoms with Crippen molar-refractivity contribution >= 4 is 17.3 Å². The largest absolute Gasteiger partial charge is 0.493 e. The second kappa shape index (κ2) is 7.67. The highest BCUT2D eigenvalue weighted by molar-refractivity contribution is 7.13. The van der Waals surface area contributed by atoms with E-state index >= 15 is 0 Å². The van der Waals surface area contributed by atoms with Crippen molar-refractivity contribution in [3.05, 3.63) is 59.1 Å². The molecule has 3 aromatic rings. The number of thiazole rings is 1. The molecule has 2 heterocycles. The third-order valence-electron chi connectivity index (χ3n) is 3.99. The number of hydrogen-bond acceptors (Lipinski definition) is 7. The summed E-state index contributed by atoms with van der Waals surface area (Å²) < 4.78 is 21.8. The lowest BCUT2D eigenvalue weighted by Crippen LogP contribution is -2.17. The molecule has 0 spiro atoms. The normalized spacial score (nSPS) is 12.5. The van der Waals surface area contributed by atoms with Crippen molar-refractivity contribution in [3.63, 3.8) is 0 Å². The summed E-state index contributed by atoms with van der Waals surface area (Å²) in [7, 11) is 1.52. The topological polar surface area (TPSA) is 66.9 Å². The summed E-state index contributed by atoms with van der Waals surface area (Å²) >= 11 is 1.52. The standard InChI is InChI=1S/C20H17NO5S/c1-23-16-9-14(10-17-18(16)25-8-7-24-17)20(22)26-11-15-12-27-19(21-15)13-5-3-2-4-6-13/h2-6,9-10,12H,7-8,11H2,1H3. The van der Waals surface area contributed by atoms with Gasteiger partial charge in [-0.15, -0.1) is 11.3 Å². The molecule has 0 aliphatic carbocycles. The number of benzene rings is 2. The van der Waals surface area contributed by atoms with Gasteiger partial charge in [-0.05, 0) is 12.1 Å². The fraction of sp³-hybridized carbons (Fsp3) is 0.200. The Hall–Kier alpha value is -3.06. The second-order valence-corrected chi connectivity index (χ2v) is 6.65. The van der Waals surface area contributed by atoms with Crippen LogP contribution >= 0.6 is 11.3 Å². The van der Waals surface area contributed by atoms with Crippen LogP contribution in [0, 0.1) is 0 Å². The first-order valence-electron chi connectivity index (χ1n) is 8.39. The van der Waals surface area contributed by atoms with Crippen LogP contribution in [0.2, 0.25) is 0 Å². The molecule has 7 heteroatoms. The fourth-order valence-electron chi connectivity index (χ4n) is 2.70. The number of esters is 1. The maximum Gasteiger partial charge on any atom is 0.338 e. The third kappa shape index (κ3) is 3.73. The molecule has 1 aliphatic heterocycles. The molecule has 0 bridgehead atoms. The fourth-order valence-corrected chi connectivity index (χ4v) is 3.51. The van der Waals surface area contributed by atoms with E-state index in [0.29, 0.717) is 41.7 Å². The van der Waals surface area contributed by atoms with Crippen LogP contribution in [-0.4, -0.2) is 31.3 Å². The van der Waals surface area contributed by atoms with E-state index in [1.807, 2.05) is 35.7 Å². The highest BCUT2D eigenvalue weighted by Gasteiger charge is 2.21. The number of carbonyl (C=O) groups excluding carboxylic acids is 1. The SMILES string of the molecule is COc1cc(C(=O)OCc2csc(-c3ccccc3)n2)cc2c1OCCO2. The molecule has 1 aliphatic rings. The van der Waals surface area contributed by atoms with Crippen LogP contribution in [0.15, 0.2) is 47.8 Å². The summed E-state index contributed by atoms with van der Waals surface area (Å²) in [5.41, 5.74) is 2.09. The summed E-state index contributed by atoms with van der Waals surface area (Å²) in [4.78, 5) is 17.0. The van der Waals surface area contributed by atoms with E-state index in [0.717, 1.165) is 10.6 Å². The molecular formula is C20H17NO5S. The lowest BCUT2D eigenvalue weighted by atomic mass is 10.1. The van der Waals surface area contributed by atoms with E-state index < -0.39 is 5.97 Å². The van der Waals surface area contributed by atoms with Gasteiger partial charge >= 0.3 is 5.97 Å². The lowest BCUT2D eigenvalue weighted by Gasteiger charge is -2.21. The van der Waals surface area contributed by atoms with Gasteiger partial charge in [0.2, 0.25) is 5.75 Å². The molecule has 27 heavy (non-hydrogen) atoms. The Morgan fingerprint density at radius 1 is 1.19 bits per heavy atom. The molecule has 0 N–H and O–H groups in total. The van der Waals surface area contributed by atoms with Crippen molar-refractivity contribution in [2.75, 3.05) is 20.3 Å². The van der Waals surface area contributed by atoms with Crippen molar-refractivity contribution in [2.24, 2.45) is 0 Å². The van der Waals surface area contributed by atoms with Gasteiger partial charge in [-0.1, -0.05) is 30.3 Å². The monoisotopic (exact) mass is 383 g/mol. The minimum Gasteiger partial charge on any atom is -0.493 e. The van der Waals surface area contributed by atoms with Crippen molar-refractivity contribution in [3.8, 4) is 27.8 Å². The molecular weight excluding hydrogens is 366 g/mol. The highest BCUT2D eigenvalue weighted by atomic mass is 32.1. The van der Waals surface area contributed by atoms with Crippen LogP contribution in [0.25, 0.3) is 10.6 Å². The Kier molecular flexibility index (Phi) is 4.93. The zero-order valence-corrected chi connectivity index (χ0v) is 15.5. The van der Waals surface area contributed by atoms with Gasteiger partial charge in [0.15, 0.2) is 11.5 Å². The predicted octanol–water partition coefficient (Wildman–Crippen LogP) is 3.95. The van der Waals surface area contributed by atoms with E-state index in [-0.39, 0.29) is 6.61 Å². The number of aromatic nitrogens is 1. The Bertz CT molecular complexity index is 937. The number of rotatable bonds is 5. The summed E-state index contributed by atoms with van der Waals surface area (Å²) in [6.07, 6.45) is 0. The van der Waals surface area contributed by atoms with Gasteiger partial charge < -0.3 is 18.9 Å². The first kappa shape index (κ1) is 17.4. The highest BCUT2D eigenvalue weighted by Crippen LogP contribution is 2.40. The predicted molar refractivity (Wildman–Crippen MR) is 101 cm³/mol. The van der Waals surface area contributed by atoms with E-state index in [1.54, 1.807) is 12.1 Å². The molecule has 0 fully saturated rings. The molecule has 6 nitrogen and oxygen atoms in total. The van der Waals surface area contributed by atoms with Crippen molar-refractivity contribution in [1.29, 1.82) is 0 Å². The number of ether oxygens (including phenoxy) is 4. The van der Waals surface area contributed by atoms with Crippen molar-refractivity contribution in [1.82, 2.24) is 4.98 Å². The van der Waals surface area contributed by atoms with Gasteiger partial charge in [-0.3, -0.25) is 0 Å². The Labute approximate surface area is 160 Å². The minimum atomic E-state index is -0.473. The van der Waals surface area contributed by atoms with Gasteiger partial charge in [0, 0.05) is 10.9 Å². The van der Waals surface area contributed by atoms with Crippen LogP contribution in [0.4, 0.5) is 0 Å². The van der Waals surface area contributed by atoms with Gasteiger partial charge in [-0.2, -0.15) is 0 Å². The summed E-state index contributed by atoms with van der Waals surface area (Å²) in [6, 6.07) is 13.1. The Morgan fingerprint density at radius 3 is 2.81 bits per heavy atom. The Morgan fingerprint density at radius 2 is 2.00 bits per heavy atom. The minimum absolute atomic E-state index is 0.0962. The van der Waals surface area contributed by atoms with Gasteiger partial charge in [0.1, 0.15) is 24.8 Å². The zero-order valence-electron chi connectivity index (χ0n) is 14.6. The van der Waals surface area contributed by atoms with Crippen molar-refractivity contribution < 1.29 is 23.7 Å². The Balaban J connectivity index is 1.46. The first-order valence-corrected chi connectivity index (χ1v) is 9.27. The van der Waals surface area contributed by atoms with E-state index in [2.05, 4.69) is 4.98 Å². The second-order valence-electron chi connectivity index (χ2n) is 5.79. The number of nitrogens with zero attached hydrogens (tertiary/aromatic N) is 1. The van der Waals surface area contributed by atoms with E-state index in [4.69, 9.17) is 18.9 Å². The quantitative estimate of drug-likeness (QED) is 0.622. The van der Waals surface area contributed by atoms with Crippen LogP contribution in [0.1, 0.15) is 16.1 Å². The molecule has 0 saturated carbocycles. The summed E-state index contributed by atoms with van der Waals surface area (Å²) in [5.74, 6) is 0.957. The maximum absolute atomic E-state index is 12.5. The average molecular weight is 383 g/mol. The molecule has 2 aromatic carbocycles. The molecule has 0 unspecified atom stereocenters. The third-order valence-corrected chi connectivity index (χ3v) is 4.93. The van der Waals surface area contributed by atoms with Crippen LogP contribution in [-0.2, 0) is 11.3 Å². The van der Waals surface area contributed by atoms with Crippen LogP contribution < -0.4 is 14.2 Å². The number of hydrogen-bond donors (Lipinski definition) is 0. The molecule has 1 aromatic heterocycles. The van der Waals surface area contributed by atoms with E-state index in [9.17, 15) is 4.79 Å². The molecule has 0 atom stereocenters. The van der Waals surface area contributed by atoms with Crippen molar-refractivity contribution in [2.45, 2.75) is 6.61 Å². The molecule has 0 saturated heterocycles. The summed E-state index contributed by atoms with van der Waals surface area (Å²) in [5, 5.41) is 2.78. The molecule has 4 rings (SSSR count). The van der Waals surface area contributed by atoms with Crippen LogP contribution in [0.3, 0.4) is 0 Å². The first-order chi connectivity index (χ1) is 13.2. The molecule has 138 valence electrons.